The highest BCUT2D eigenvalue weighted by molar-refractivity contribution is 9.10. The summed E-state index contributed by atoms with van der Waals surface area (Å²) in [6.07, 6.45) is 0. The normalized spacial score (nSPS) is 10.9. The number of rotatable bonds is 3. The molecule has 2 aromatic rings. The van der Waals surface area contributed by atoms with Crippen molar-refractivity contribution in [2.75, 3.05) is 5.73 Å². The van der Waals surface area contributed by atoms with Crippen LogP contribution in [0.25, 0.3) is 0 Å². The molecular weight excluding hydrogens is 325 g/mol. The number of nitrogens with zero attached hydrogens (tertiary/aromatic N) is 2. The summed E-state index contributed by atoms with van der Waals surface area (Å²) in [5, 5.41) is 0. The highest BCUT2D eigenvalue weighted by atomic mass is 79.9. The molecule has 0 atom stereocenters. The molecule has 0 spiro atoms. The van der Waals surface area contributed by atoms with E-state index in [4.69, 9.17) is 10.5 Å². The zero-order valence-corrected chi connectivity index (χ0v) is 13.0. The maximum Gasteiger partial charge on any atom is 0.227 e. The van der Waals surface area contributed by atoms with Gasteiger partial charge in [-0.2, -0.15) is 4.98 Å². The molecule has 0 saturated heterocycles. The van der Waals surface area contributed by atoms with Crippen molar-refractivity contribution >= 4 is 21.7 Å². The van der Waals surface area contributed by atoms with Crippen molar-refractivity contribution in [2.45, 2.75) is 26.7 Å². The van der Waals surface area contributed by atoms with Crippen molar-refractivity contribution in [2.24, 2.45) is 0 Å². The number of nitrogen functional groups attached to an aromatic ring is 1. The largest absolute Gasteiger partial charge is 0.435 e. The molecule has 0 aliphatic carbocycles. The van der Waals surface area contributed by atoms with Crippen molar-refractivity contribution < 1.29 is 9.13 Å². The van der Waals surface area contributed by atoms with Crippen LogP contribution in [0.5, 0.6) is 11.6 Å². The first-order chi connectivity index (χ1) is 9.38. The molecule has 20 heavy (non-hydrogen) atoms. The molecule has 0 radical (unpaired) electrons. The van der Waals surface area contributed by atoms with Crippen LogP contribution in [-0.4, -0.2) is 9.97 Å². The van der Waals surface area contributed by atoms with Gasteiger partial charge in [-0.3, -0.25) is 0 Å². The van der Waals surface area contributed by atoms with Crippen molar-refractivity contribution in [1.82, 2.24) is 9.97 Å². The van der Waals surface area contributed by atoms with E-state index < -0.39 is 5.82 Å². The number of hydrogen-bond acceptors (Lipinski definition) is 4. The smallest absolute Gasteiger partial charge is 0.227 e. The Hall–Kier alpha value is -1.69. The fourth-order valence-electron chi connectivity index (χ4n) is 1.55. The lowest BCUT2D eigenvalue weighted by atomic mass is 10.2. The topological polar surface area (TPSA) is 61.0 Å². The van der Waals surface area contributed by atoms with Gasteiger partial charge in [0.15, 0.2) is 11.6 Å². The number of aromatic nitrogens is 2. The van der Waals surface area contributed by atoms with Crippen molar-refractivity contribution in [3.63, 3.8) is 0 Å². The van der Waals surface area contributed by atoms with Crippen LogP contribution < -0.4 is 10.5 Å². The van der Waals surface area contributed by atoms with E-state index in [1.54, 1.807) is 19.1 Å². The fraction of sp³-hybridized carbons (Fsp3) is 0.286. The van der Waals surface area contributed by atoms with E-state index >= 15 is 0 Å². The van der Waals surface area contributed by atoms with E-state index in [9.17, 15) is 4.39 Å². The molecule has 0 bridgehead atoms. The third kappa shape index (κ3) is 3.07. The first-order valence-electron chi connectivity index (χ1n) is 6.15. The van der Waals surface area contributed by atoms with Gasteiger partial charge in [0.2, 0.25) is 5.88 Å². The van der Waals surface area contributed by atoms with Crippen molar-refractivity contribution in [3.8, 4) is 11.6 Å². The van der Waals surface area contributed by atoms with Crippen LogP contribution in [0.2, 0.25) is 0 Å². The molecule has 1 heterocycles. The molecule has 0 saturated carbocycles. The van der Waals surface area contributed by atoms with Gasteiger partial charge >= 0.3 is 0 Å². The van der Waals surface area contributed by atoms with Crippen LogP contribution in [0.15, 0.2) is 22.7 Å². The van der Waals surface area contributed by atoms with Gasteiger partial charge in [-0.05, 0) is 25.1 Å². The molecule has 0 aliphatic heterocycles. The Morgan fingerprint density at radius 3 is 2.65 bits per heavy atom. The monoisotopic (exact) mass is 339 g/mol. The van der Waals surface area contributed by atoms with E-state index in [1.807, 2.05) is 13.8 Å². The Bertz CT molecular complexity index is 647. The SMILES string of the molecule is Cc1c(N)nc(C(C)C)nc1Oc1cc(Br)ccc1F. The van der Waals surface area contributed by atoms with E-state index in [0.717, 1.165) is 4.47 Å². The average molecular weight is 340 g/mol. The molecule has 1 aromatic carbocycles. The lowest BCUT2D eigenvalue weighted by Gasteiger charge is -2.13. The van der Waals surface area contributed by atoms with Crippen LogP contribution in [0.3, 0.4) is 0 Å². The lowest BCUT2D eigenvalue weighted by Crippen LogP contribution is -2.06. The minimum absolute atomic E-state index is 0.0929. The summed E-state index contributed by atoms with van der Waals surface area (Å²) in [4.78, 5) is 8.50. The molecule has 0 unspecified atom stereocenters. The minimum Gasteiger partial charge on any atom is -0.435 e. The minimum atomic E-state index is -0.462. The summed E-state index contributed by atoms with van der Waals surface area (Å²) in [5.74, 6) is 0.921. The predicted octanol–water partition coefficient (Wildman–Crippen LogP) is 4.18. The van der Waals surface area contributed by atoms with Crippen molar-refractivity contribution in [1.29, 1.82) is 0 Å². The van der Waals surface area contributed by atoms with E-state index in [-0.39, 0.29) is 17.5 Å². The molecule has 0 fully saturated rings. The molecule has 0 amide bonds. The van der Waals surface area contributed by atoms with Gasteiger partial charge in [0.05, 0.1) is 5.56 Å². The van der Waals surface area contributed by atoms with Crippen LogP contribution in [-0.2, 0) is 0 Å². The maximum absolute atomic E-state index is 13.7. The Kier molecular flexibility index (Phi) is 4.23. The van der Waals surface area contributed by atoms with Crippen LogP contribution in [0, 0.1) is 12.7 Å². The highest BCUT2D eigenvalue weighted by Crippen LogP contribution is 2.30. The molecule has 106 valence electrons. The molecular formula is C14H15BrFN3O. The highest BCUT2D eigenvalue weighted by Gasteiger charge is 2.15. The zero-order chi connectivity index (χ0) is 14.9. The number of ether oxygens (including phenoxy) is 1. The number of anilines is 1. The summed E-state index contributed by atoms with van der Waals surface area (Å²) >= 11 is 3.28. The third-order valence-electron chi connectivity index (χ3n) is 2.77. The average Bonchev–Trinajstić information content (AvgIpc) is 2.38. The van der Waals surface area contributed by atoms with Crippen LogP contribution in [0.4, 0.5) is 10.2 Å². The van der Waals surface area contributed by atoms with Crippen LogP contribution in [0.1, 0.15) is 31.2 Å². The molecule has 0 aliphatic rings. The van der Waals surface area contributed by atoms with Gasteiger partial charge < -0.3 is 10.5 Å². The molecule has 4 nitrogen and oxygen atoms in total. The lowest BCUT2D eigenvalue weighted by molar-refractivity contribution is 0.420. The predicted molar refractivity (Wildman–Crippen MR) is 79.4 cm³/mol. The summed E-state index contributed by atoms with van der Waals surface area (Å²) < 4.78 is 20.0. The first kappa shape index (κ1) is 14.7. The summed E-state index contributed by atoms with van der Waals surface area (Å²) in [6, 6.07) is 4.47. The summed E-state index contributed by atoms with van der Waals surface area (Å²) in [7, 11) is 0. The van der Waals surface area contributed by atoms with Crippen LogP contribution >= 0.6 is 15.9 Å². The zero-order valence-electron chi connectivity index (χ0n) is 11.4. The van der Waals surface area contributed by atoms with E-state index in [0.29, 0.717) is 17.2 Å². The molecule has 2 rings (SSSR count). The number of nitrogens with two attached hydrogens (primary N) is 1. The van der Waals surface area contributed by atoms with Gasteiger partial charge in [-0.1, -0.05) is 29.8 Å². The van der Waals surface area contributed by atoms with Crippen molar-refractivity contribution in [3.05, 3.63) is 39.9 Å². The van der Waals surface area contributed by atoms with E-state index in [2.05, 4.69) is 25.9 Å². The summed E-state index contributed by atoms with van der Waals surface area (Å²) in [6.45, 7) is 5.64. The van der Waals surface area contributed by atoms with Gasteiger partial charge in [-0.15, -0.1) is 0 Å². The number of halogens is 2. The fourth-order valence-corrected chi connectivity index (χ4v) is 1.89. The van der Waals surface area contributed by atoms with Gasteiger partial charge in [0.25, 0.3) is 0 Å². The van der Waals surface area contributed by atoms with Gasteiger partial charge in [0, 0.05) is 10.4 Å². The molecule has 2 N–H and O–H groups in total. The first-order valence-corrected chi connectivity index (χ1v) is 6.94. The Morgan fingerprint density at radius 2 is 2.00 bits per heavy atom. The second-order valence-corrected chi connectivity index (χ2v) is 5.64. The molecule has 1 aromatic heterocycles. The Balaban J connectivity index is 2.45. The summed E-state index contributed by atoms with van der Waals surface area (Å²) in [5.41, 5.74) is 6.44. The molecule has 6 heteroatoms. The third-order valence-corrected chi connectivity index (χ3v) is 3.27. The Labute approximate surface area is 125 Å². The Morgan fingerprint density at radius 1 is 1.30 bits per heavy atom. The van der Waals surface area contributed by atoms with Gasteiger partial charge in [0.1, 0.15) is 11.6 Å². The second kappa shape index (κ2) is 5.75. The standard InChI is InChI=1S/C14H15BrFN3O/c1-7(2)13-18-12(17)8(3)14(19-13)20-11-6-9(15)4-5-10(11)16/h4-7H,1-3H3,(H2,17,18,19). The maximum atomic E-state index is 13.7. The number of hydrogen-bond donors (Lipinski definition) is 1. The quantitative estimate of drug-likeness (QED) is 0.910. The van der Waals surface area contributed by atoms with Gasteiger partial charge in [-0.25, -0.2) is 9.37 Å². The second-order valence-electron chi connectivity index (χ2n) is 4.73. The van der Waals surface area contributed by atoms with E-state index in [1.165, 1.54) is 6.07 Å². The number of benzene rings is 1.